The zero-order valence-corrected chi connectivity index (χ0v) is 16.1. The maximum atomic E-state index is 12.9. The van der Waals surface area contributed by atoms with Crippen LogP contribution < -0.4 is 18.9 Å². The van der Waals surface area contributed by atoms with E-state index in [1.807, 2.05) is 0 Å². The molecule has 0 saturated carbocycles. The van der Waals surface area contributed by atoms with Crippen molar-refractivity contribution < 1.29 is 38.0 Å². The van der Waals surface area contributed by atoms with Crippen molar-refractivity contribution in [2.75, 3.05) is 27.8 Å². The van der Waals surface area contributed by atoms with Crippen molar-refractivity contribution in [3.8, 4) is 23.0 Å². The minimum Gasteiger partial charge on any atom is -0.468 e. The van der Waals surface area contributed by atoms with Gasteiger partial charge in [-0.1, -0.05) is 12.1 Å². The molecule has 0 N–H and O–H groups in total. The SMILES string of the molecule is COC(=O)C(Cc1ccc2c(c1)OCO2)(Cc1ccc2c(c1)OCO2)C(=O)OC. The topological polar surface area (TPSA) is 89.5 Å². The van der Waals surface area contributed by atoms with E-state index < -0.39 is 17.4 Å². The molecule has 29 heavy (non-hydrogen) atoms. The van der Waals surface area contributed by atoms with Gasteiger partial charge in [0.2, 0.25) is 13.6 Å². The second kappa shape index (κ2) is 7.54. The van der Waals surface area contributed by atoms with Crippen LogP contribution in [0.1, 0.15) is 11.1 Å². The number of hydrogen-bond acceptors (Lipinski definition) is 8. The number of carbonyl (C=O) groups excluding carboxylic acids is 2. The second-order valence-corrected chi connectivity index (χ2v) is 6.79. The highest BCUT2D eigenvalue weighted by Crippen LogP contribution is 2.39. The van der Waals surface area contributed by atoms with Crippen LogP contribution in [0, 0.1) is 5.41 Å². The summed E-state index contributed by atoms with van der Waals surface area (Å²) in [5, 5.41) is 0. The first kappa shape index (κ1) is 18.9. The lowest BCUT2D eigenvalue weighted by Crippen LogP contribution is -2.45. The van der Waals surface area contributed by atoms with Crippen LogP contribution in [-0.2, 0) is 31.9 Å². The van der Waals surface area contributed by atoms with E-state index in [0.29, 0.717) is 34.1 Å². The zero-order valence-electron chi connectivity index (χ0n) is 16.1. The quantitative estimate of drug-likeness (QED) is 0.539. The smallest absolute Gasteiger partial charge is 0.323 e. The van der Waals surface area contributed by atoms with E-state index >= 15 is 0 Å². The molecule has 0 aromatic heterocycles. The van der Waals surface area contributed by atoms with Crippen molar-refractivity contribution in [3.05, 3.63) is 47.5 Å². The normalized spacial score (nSPS) is 13.9. The Morgan fingerprint density at radius 3 is 1.59 bits per heavy atom. The summed E-state index contributed by atoms with van der Waals surface area (Å²) in [6.07, 6.45) is 0.134. The van der Waals surface area contributed by atoms with E-state index in [1.54, 1.807) is 36.4 Å². The minimum absolute atomic E-state index is 0.0669. The number of hydrogen-bond donors (Lipinski definition) is 0. The van der Waals surface area contributed by atoms with E-state index in [0.717, 1.165) is 0 Å². The Bertz CT molecular complexity index is 874. The van der Waals surface area contributed by atoms with Crippen molar-refractivity contribution in [2.24, 2.45) is 5.41 Å². The number of esters is 2. The van der Waals surface area contributed by atoms with Gasteiger partial charge in [0.05, 0.1) is 14.2 Å². The molecule has 0 atom stereocenters. The number of methoxy groups -OCH3 is 2. The summed E-state index contributed by atoms with van der Waals surface area (Å²) in [7, 11) is 2.50. The van der Waals surface area contributed by atoms with Gasteiger partial charge >= 0.3 is 11.9 Å². The van der Waals surface area contributed by atoms with E-state index in [1.165, 1.54) is 14.2 Å². The third-order valence-corrected chi connectivity index (χ3v) is 5.04. The summed E-state index contributed by atoms with van der Waals surface area (Å²) in [5.41, 5.74) is -0.151. The van der Waals surface area contributed by atoms with Gasteiger partial charge in [0.1, 0.15) is 0 Å². The maximum absolute atomic E-state index is 12.9. The molecule has 0 amide bonds. The Kier molecular flexibility index (Phi) is 4.92. The third kappa shape index (κ3) is 3.41. The molecule has 0 spiro atoms. The van der Waals surface area contributed by atoms with Gasteiger partial charge in [-0.25, -0.2) is 0 Å². The van der Waals surface area contributed by atoms with E-state index in [2.05, 4.69) is 0 Å². The summed E-state index contributed by atoms with van der Waals surface area (Å²) < 4.78 is 31.5. The molecule has 4 rings (SSSR count). The maximum Gasteiger partial charge on any atom is 0.323 e. The van der Waals surface area contributed by atoms with E-state index in [4.69, 9.17) is 28.4 Å². The van der Waals surface area contributed by atoms with Gasteiger partial charge in [-0.3, -0.25) is 9.59 Å². The molecule has 0 bridgehead atoms. The Balaban J connectivity index is 1.72. The van der Waals surface area contributed by atoms with Crippen molar-refractivity contribution in [3.63, 3.8) is 0 Å². The summed E-state index contributed by atoms with van der Waals surface area (Å²) in [6.45, 7) is 0.268. The van der Waals surface area contributed by atoms with Gasteiger partial charge < -0.3 is 28.4 Å². The van der Waals surface area contributed by atoms with Crippen molar-refractivity contribution in [1.82, 2.24) is 0 Å². The fourth-order valence-electron chi connectivity index (χ4n) is 3.62. The molecule has 0 saturated heterocycles. The van der Waals surface area contributed by atoms with Crippen molar-refractivity contribution >= 4 is 11.9 Å². The van der Waals surface area contributed by atoms with Gasteiger partial charge in [-0.05, 0) is 48.2 Å². The van der Waals surface area contributed by atoms with Crippen LogP contribution in [0.25, 0.3) is 0 Å². The van der Waals surface area contributed by atoms with Crippen LogP contribution in [0.3, 0.4) is 0 Å². The number of benzene rings is 2. The molecule has 2 aliphatic rings. The van der Waals surface area contributed by atoms with Gasteiger partial charge in [-0.15, -0.1) is 0 Å². The molecule has 2 heterocycles. The Morgan fingerprint density at radius 1 is 0.759 bits per heavy atom. The Labute approximate surface area is 167 Å². The molecular formula is C21H20O8. The summed E-state index contributed by atoms with van der Waals surface area (Å²) in [6, 6.07) is 10.6. The molecule has 0 radical (unpaired) electrons. The molecule has 2 aromatic rings. The van der Waals surface area contributed by atoms with Crippen molar-refractivity contribution in [2.45, 2.75) is 12.8 Å². The largest absolute Gasteiger partial charge is 0.468 e. The van der Waals surface area contributed by atoms with Crippen molar-refractivity contribution in [1.29, 1.82) is 0 Å². The van der Waals surface area contributed by atoms with Crippen LogP contribution in [-0.4, -0.2) is 39.7 Å². The van der Waals surface area contributed by atoms with Crippen LogP contribution >= 0.6 is 0 Å². The first-order chi connectivity index (χ1) is 14.1. The summed E-state index contributed by atoms with van der Waals surface area (Å²) in [5.74, 6) is 1.00. The number of fused-ring (bicyclic) bond motifs is 2. The van der Waals surface area contributed by atoms with Crippen LogP contribution in [0.2, 0.25) is 0 Å². The predicted octanol–water partition coefficient (Wildman–Crippen LogP) is 2.26. The zero-order chi connectivity index (χ0) is 20.4. The molecule has 2 aromatic carbocycles. The molecule has 0 aliphatic carbocycles. The lowest BCUT2D eigenvalue weighted by atomic mass is 9.76. The number of carbonyl (C=O) groups is 2. The number of ether oxygens (including phenoxy) is 6. The average Bonchev–Trinajstić information content (AvgIpc) is 3.40. The average molecular weight is 400 g/mol. The highest BCUT2D eigenvalue weighted by Gasteiger charge is 2.49. The summed E-state index contributed by atoms with van der Waals surface area (Å²) >= 11 is 0. The molecule has 152 valence electrons. The lowest BCUT2D eigenvalue weighted by Gasteiger charge is -2.28. The van der Waals surface area contributed by atoms with Gasteiger partial charge in [-0.2, -0.15) is 0 Å². The van der Waals surface area contributed by atoms with Crippen LogP contribution in [0.15, 0.2) is 36.4 Å². The minimum atomic E-state index is -1.58. The van der Waals surface area contributed by atoms with E-state index in [9.17, 15) is 9.59 Å². The lowest BCUT2D eigenvalue weighted by molar-refractivity contribution is -0.169. The van der Waals surface area contributed by atoms with E-state index in [-0.39, 0.29) is 26.4 Å². The monoisotopic (exact) mass is 400 g/mol. The highest BCUT2D eigenvalue weighted by atomic mass is 16.7. The van der Waals surface area contributed by atoms with Gasteiger partial charge in [0.15, 0.2) is 28.4 Å². The first-order valence-corrected chi connectivity index (χ1v) is 8.99. The second-order valence-electron chi connectivity index (χ2n) is 6.79. The highest BCUT2D eigenvalue weighted by molar-refractivity contribution is 6.00. The Hall–Kier alpha value is -3.42. The fraction of sp³-hybridized carbons (Fsp3) is 0.333. The molecule has 0 unspecified atom stereocenters. The van der Waals surface area contributed by atoms with Gasteiger partial charge in [0.25, 0.3) is 0 Å². The Morgan fingerprint density at radius 2 is 1.17 bits per heavy atom. The molecule has 8 heteroatoms. The molecule has 8 nitrogen and oxygen atoms in total. The third-order valence-electron chi connectivity index (χ3n) is 5.04. The van der Waals surface area contributed by atoms with Gasteiger partial charge in [0, 0.05) is 0 Å². The standard InChI is InChI=1S/C21H20O8/c1-24-19(22)21(20(23)25-2,9-13-3-5-15-17(7-13)28-11-26-15)10-14-4-6-16-18(8-14)29-12-27-16/h3-8H,9-12H2,1-2H3. The van der Waals surface area contributed by atoms with Crippen LogP contribution in [0.4, 0.5) is 0 Å². The summed E-state index contributed by atoms with van der Waals surface area (Å²) in [4.78, 5) is 25.8. The predicted molar refractivity (Wildman–Crippen MR) is 99.0 cm³/mol. The fourth-order valence-corrected chi connectivity index (χ4v) is 3.62. The molecular weight excluding hydrogens is 380 g/mol. The molecule has 0 fully saturated rings. The molecule has 2 aliphatic heterocycles. The first-order valence-electron chi connectivity index (χ1n) is 8.99. The number of rotatable bonds is 6. The van der Waals surface area contributed by atoms with Crippen LogP contribution in [0.5, 0.6) is 23.0 Å².